The zero-order valence-electron chi connectivity index (χ0n) is 15.8. The first-order valence-corrected chi connectivity index (χ1v) is 10.1. The van der Waals surface area contributed by atoms with Gasteiger partial charge in [0.2, 0.25) is 0 Å². The van der Waals surface area contributed by atoms with Crippen LogP contribution in [0.3, 0.4) is 0 Å². The summed E-state index contributed by atoms with van der Waals surface area (Å²) in [6, 6.07) is 17.6. The molecule has 0 bridgehead atoms. The number of thioether (sulfide) groups is 2. The van der Waals surface area contributed by atoms with Gasteiger partial charge in [0.1, 0.15) is 15.6 Å². The summed E-state index contributed by atoms with van der Waals surface area (Å²) >= 11 is 2.67. The molecule has 7 heteroatoms. The molecule has 0 N–H and O–H groups in total. The van der Waals surface area contributed by atoms with E-state index in [1.54, 1.807) is 7.11 Å². The van der Waals surface area contributed by atoms with E-state index in [1.165, 1.54) is 37.7 Å². The molecule has 1 aliphatic heterocycles. The van der Waals surface area contributed by atoms with E-state index in [9.17, 15) is 9.59 Å². The second kappa shape index (κ2) is 8.75. The third-order valence-electron chi connectivity index (χ3n) is 4.29. The van der Waals surface area contributed by atoms with Gasteiger partial charge in [-0.25, -0.2) is 9.59 Å². The van der Waals surface area contributed by atoms with E-state index in [0.717, 1.165) is 16.9 Å². The van der Waals surface area contributed by atoms with Crippen LogP contribution in [0.5, 0.6) is 5.75 Å². The van der Waals surface area contributed by atoms with E-state index in [4.69, 9.17) is 14.2 Å². The van der Waals surface area contributed by atoms with Gasteiger partial charge < -0.3 is 14.2 Å². The first-order valence-electron chi connectivity index (χ1n) is 8.50. The molecule has 0 fully saturated rings. The number of carbonyl (C=O) groups excluding carboxylic acids is 2. The van der Waals surface area contributed by atoms with Crippen LogP contribution in [-0.2, 0) is 29.6 Å². The minimum Gasteiger partial charge on any atom is -0.497 e. The summed E-state index contributed by atoms with van der Waals surface area (Å²) in [5.41, 5.74) is 2.06. The van der Waals surface area contributed by atoms with E-state index >= 15 is 0 Å². The zero-order valence-corrected chi connectivity index (χ0v) is 17.4. The third kappa shape index (κ3) is 4.05. The SMILES string of the molecule is COC(=O)C1=C(C(=O)OC)SC(Cc2ccc(OC)cc2)(c2ccccc2)S1. The summed E-state index contributed by atoms with van der Waals surface area (Å²) in [5, 5.41) is 0. The lowest BCUT2D eigenvalue weighted by Crippen LogP contribution is -2.19. The Labute approximate surface area is 172 Å². The fourth-order valence-electron chi connectivity index (χ4n) is 2.89. The van der Waals surface area contributed by atoms with Crippen molar-refractivity contribution >= 4 is 35.5 Å². The Hall–Kier alpha value is -2.38. The van der Waals surface area contributed by atoms with Gasteiger partial charge in [-0.05, 0) is 23.3 Å². The molecule has 1 aliphatic rings. The van der Waals surface area contributed by atoms with Crippen molar-refractivity contribution in [3.05, 3.63) is 75.5 Å². The zero-order chi connectivity index (χ0) is 20.1. The first kappa shape index (κ1) is 20.4. The highest BCUT2D eigenvalue weighted by Crippen LogP contribution is 2.61. The highest BCUT2D eigenvalue weighted by atomic mass is 32.2. The molecule has 0 amide bonds. The van der Waals surface area contributed by atoms with Crippen LogP contribution in [0.25, 0.3) is 0 Å². The van der Waals surface area contributed by atoms with Crippen molar-refractivity contribution in [2.75, 3.05) is 21.3 Å². The van der Waals surface area contributed by atoms with Crippen molar-refractivity contribution in [3.63, 3.8) is 0 Å². The summed E-state index contributed by atoms with van der Waals surface area (Å²) in [5.74, 6) is -0.302. The number of methoxy groups -OCH3 is 3. The Balaban J connectivity index is 2.03. The number of carbonyl (C=O) groups is 2. The van der Waals surface area contributed by atoms with Crippen molar-refractivity contribution in [1.82, 2.24) is 0 Å². The van der Waals surface area contributed by atoms with E-state index in [-0.39, 0.29) is 9.81 Å². The van der Waals surface area contributed by atoms with Crippen molar-refractivity contribution in [1.29, 1.82) is 0 Å². The van der Waals surface area contributed by atoms with E-state index in [2.05, 4.69) is 0 Å². The van der Waals surface area contributed by atoms with Crippen LogP contribution < -0.4 is 4.74 Å². The number of hydrogen-bond acceptors (Lipinski definition) is 7. The van der Waals surface area contributed by atoms with Gasteiger partial charge in [-0.15, -0.1) is 0 Å². The highest BCUT2D eigenvalue weighted by molar-refractivity contribution is 8.24. The molecule has 0 atom stereocenters. The number of rotatable bonds is 6. The highest BCUT2D eigenvalue weighted by Gasteiger charge is 2.47. The van der Waals surface area contributed by atoms with E-state index < -0.39 is 16.0 Å². The van der Waals surface area contributed by atoms with Crippen LogP contribution in [-0.4, -0.2) is 33.3 Å². The molecular weight excluding hydrogens is 396 g/mol. The maximum atomic E-state index is 12.4. The molecule has 0 unspecified atom stereocenters. The maximum absolute atomic E-state index is 12.4. The Morgan fingerprint density at radius 1 is 0.821 bits per heavy atom. The predicted molar refractivity (Wildman–Crippen MR) is 111 cm³/mol. The molecule has 0 spiro atoms. The largest absolute Gasteiger partial charge is 0.497 e. The first-order chi connectivity index (χ1) is 13.5. The van der Waals surface area contributed by atoms with Crippen LogP contribution >= 0.6 is 23.5 Å². The third-order valence-corrected chi connectivity index (χ3v) is 7.49. The summed E-state index contributed by atoms with van der Waals surface area (Å²) in [7, 11) is 4.24. The molecule has 0 radical (unpaired) electrons. The van der Waals surface area contributed by atoms with Crippen LogP contribution in [0.15, 0.2) is 64.4 Å². The Morgan fingerprint density at radius 3 is 1.82 bits per heavy atom. The summed E-state index contributed by atoms with van der Waals surface area (Å²) in [4.78, 5) is 25.3. The smallest absolute Gasteiger partial charge is 0.345 e. The monoisotopic (exact) mass is 416 g/mol. The number of esters is 2. The topological polar surface area (TPSA) is 61.8 Å². The average Bonchev–Trinajstić information content (AvgIpc) is 3.14. The lowest BCUT2D eigenvalue weighted by Gasteiger charge is -2.28. The van der Waals surface area contributed by atoms with Crippen molar-refractivity contribution in [2.24, 2.45) is 0 Å². The van der Waals surface area contributed by atoms with Gasteiger partial charge in [0.15, 0.2) is 0 Å². The normalized spacial score (nSPS) is 15.2. The summed E-state index contributed by atoms with van der Waals surface area (Å²) in [6.45, 7) is 0. The fraction of sp³-hybridized carbons (Fsp3) is 0.238. The van der Waals surface area contributed by atoms with Crippen LogP contribution in [0.4, 0.5) is 0 Å². The van der Waals surface area contributed by atoms with Crippen molar-refractivity contribution in [3.8, 4) is 5.75 Å². The van der Waals surface area contributed by atoms with Crippen molar-refractivity contribution in [2.45, 2.75) is 10.5 Å². The van der Waals surface area contributed by atoms with Gasteiger partial charge in [-0.1, -0.05) is 66.0 Å². The molecule has 2 aromatic rings. The van der Waals surface area contributed by atoms with E-state index in [1.807, 2.05) is 54.6 Å². The van der Waals surface area contributed by atoms with Gasteiger partial charge in [-0.2, -0.15) is 0 Å². The number of ether oxygens (including phenoxy) is 3. The van der Waals surface area contributed by atoms with Gasteiger partial charge in [-0.3, -0.25) is 0 Å². The standard InChI is InChI=1S/C21H20O5S2/c1-24-16-11-9-14(10-12-16)13-21(15-7-5-4-6-8-15)27-17(19(22)25-2)18(28-21)20(23)26-3/h4-12H,13H2,1-3H3. The summed E-state index contributed by atoms with van der Waals surface area (Å²) < 4.78 is 14.5. The maximum Gasteiger partial charge on any atom is 0.345 e. The molecule has 2 aromatic carbocycles. The molecule has 28 heavy (non-hydrogen) atoms. The molecule has 3 rings (SSSR count). The van der Waals surface area contributed by atoms with Crippen LogP contribution in [0, 0.1) is 0 Å². The number of benzene rings is 2. The second-order valence-electron chi connectivity index (χ2n) is 5.99. The van der Waals surface area contributed by atoms with Gasteiger partial charge >= 0.3 is 11.9 Å². The van der Waals surface area contributed by atoms with Gasteiger partial charge in [0, 0.05) is 6.42 Å². The molecule has 146 valence electrons. The minimum atomic E-state index is -0.594. The Morgan fingerprint density at radius 2 is 1.36 bits per heavy atom. The molecular formula is C21H20O5S2. The molecule has 5 nitrogen and oxygen atoms in total. The van der Waals surface area contributed by atoms with E-state index in [0.29, 0.717) is 6.42 Å². The predicted octanol–water partition coefficient (Wildman–Crippen LogP) is 4.13. The molecule has 0 saturated carbocycles. The molecule has 0 aromatic heterocycles. The fourth-order valence-corrected chi connectivity index (χ4v) is 6.14. The lowest BCUT2D eigenvalue weighted by atomic mass is 10.0. The van der Waals surface area contributed by atoms with Crippen LogP contribution in [0.1, 0.15) is 11.1 Å². The lowest BCUT2D eigenvalue weighted by molar-refractivity contribution is -0.138. The second-order valence-corrected chi connectivity index (χ2v) is 8.87. The van der Waals surface area contributed by atoms with Gasteiger partial charge in [0.05, 0.1) is 25.4 Å². The molecule has 0 saturated heterocycles. The van der Waals surface area contributed by atoms with Crippen molar-refractivity contribution < 1.29 is 23.8 Å². The Kier molecular flexibility index (Phi) is 6.36. The number of hydrogen-bond donors (Lipinski definition) is 0. The average molecular weight is 417 g/mol. The van der Waals surface area contributed by atoms with Gasteiger partial charge in [0.25, 0.3) is 0 Å². The molecule has 0 aliphatic carbocycles. The quantitative estimate of drug-likeness (QED) is 0.656. The summed E-state index contributed by atoms with van der Waals surface area (Å²) in [6.07, 6.45) is 0.595. The minimum absolute atomic E-state index is 0.275. The Bertz CT molecular complexity index is 863. The molecule has 1 heterocycles. The van der Waals surface area contributed by atoms with Crippen LogP contribution in [0.2, 0.25) is 0 Å².